The maximum Gasteiger partial charge on any atom is 0.234 e. The molecule has 0 saturated carbocycles. The van der Waals surface area contributed by atoms with Crippen LogP contribution in [0.15, 0.2) is 47.9 Å². The van der Waals surface area contributed by atoms with E-state index in [9.17, 15) is 4.79 Å². The molecule has 0 atom stereocenters. The van der Waals surface area contributed by atoms with E-state index in [1.807, 2.05) is 44.2 Å². The van der Waals surface area contributed by atoms with Crippen LogP contribution < -0.4 is 5.32 Å². The van der Waals surface area contributed by atoms with Crippen LogP contribution in [0.25, 0.3) is 5.69 Å². The molecule has 8 heteroatoms. The van der Waals surface area contributed by atoms with Crippen molar-refractivity contribution in [1.82, 2.24) is 14.8 Å². The molecule has 1 heterocycles. The van der Waals surface area contributed by atoms with E-state index >= 15 is 0 Å². The predicted molar refractivity (Wildman–Crippen MR) is 107 cm³/mol. The highest BCUT2D eigenvalue weighted by molar-refractivity contribution is 7.99. The lowest BCUT2D eigenvalue weighted by atomic mass is 10.2. The van der Waals surface area contributed by atoms with Gasteiger partial charge in [0.25, 0.3) is 0 Å². The minimum Gasteiger partial charge on any atom is -0.324 e. The van der Waals surface area contributed by atoms with Crippen molar-refractivity contribution in [3.63, 3.8) is 0 Å². The zero-order chi connectivity index (χ0) is 18.7. The fourth-order valence-corrected chi connectivity index (χ4v) is 3.46. The van der Waals surface area contributed by atoms with E-state index in [1.54, 1.807) is 17.0 Å². The summed E-state index contributed by atoms with van der Waals surface area (Å²) in [5.74, 6) is 0.0138. The van der Waals surface area contributed by atoms with Gasteiger partial charge < -0.3 is 5.32 Å². The van der Waals surface area contributed by atoms with Crippen molar-refractivity contribution in [2.24, 2.45) is 0 Å². The highest BCUT2D eigenvalue weighted by Crippen LogP contribution is 2.25. The molecule has 3 aromatic rings. The molecule has 0 unspecified atom stereocenters. The number of carbonyl (C=O) groups excluding carboxylic acids is 1. The van der Waals surface area contributed by atoms with Crippen LogP contribution in [0.4, 0.5) is 5.69 Å². The predicted octanol–water partition coefficient (Wildman–Crippen LogP) is 4.92. The third kappa shape index (κ3) is 4.38. The Bertz CT molecular complexity index is 958. The second kappa shape index (κ2) is 8.12. The number of amides is 1. The number of nitrogens with one attached hydrogen (secondary N) is 1. The first kappa shape index (κ1) is 18.8. The zero-order valence-corrected chi connectivity index (χ0v) is 16.5. The van der Waals surface area contributed by atoms with Gasteiger partial charge in [-0.3, -0.25) is 9.36 Å². The number of halogens is 2. The fourth-order valence-electron chi connectivity index (χ4n) is 2.27. The monoisotopic (exact) mass is 406 g/mol. The fraction of sp³-hybridized carbons (Fsp3) is 0.167. The molecule has 1 aromatic heterocycles. The Morgan fingerprint density at radius 3 is 2.69 bits per heavy atom. The number of hydrogen-bond donors (Lipinski definition) is 1. The Kier molecular flexibility index (Phi) is 5.86. The number of anilines is 1. The van der Waals surface area contributed by atoms with Gasteiger partial charge in [0.15, 0.2) is 5.16 Å². The molecule has 0 spiro atoms. The standard InChI is InChI=1S/C18H16Cl2N4OS/c1-11-3-6-16(15(20)7-11)22-17(25)9-26-18-23-21-10-24(18)13-5-4-12(2)14(19)8-13/h3-8,10H,9H2,1-2H3,(H,22,25). The Morgan fingerprint density at radius 1 is 1.15 bits per heavy atom. The molecule has 26 heavy (non-hydrogen) atoms. The maximum absolute atomic E-state index is 12.2. The Labute approximate surface area is 165 Å². The van der Waals surface area contributed by atoms with E-state index in [0.717, 1.165) is 16.8 Å². The summed E-state index contributed by atoms with van der Waals surface area (Å²) >= 11 is 13.6. The SMILES string of the molecule is Cc1ccc(NC(=O)CSc2nncn2-c2ccc(C)c(Cl)c2)c(Cl)c1. The van der Waals surface area contributed by atoms with Gasteiger partial charge >= 0.3 is 0 Å². The normalized spacial score (nSPS) is 10.8. The van der Waals surface area contributed by atoms with Crippen LogP contribution >= 0.6 is 35.0 Å². The number of nitrogens with zero attached hydrogens (tertiary/aromatic N) is 3. The summed E-state index contributed by atoms with van der Waals surface area (Å²) in [5.41, 5.74) is 3.46. The second-order valence-corrected chi connectivity index (χ2v) is 7.49. The zero-order valence-electron chi connectivity index (χ0n) is 14.2. The van der Waals surface area contributed by atoms with Crippen LogP contribution in [-0.4, -0.2) is 26.4 Å². The summed E-state index contributed by atoms with van der Waals surface area (Å²) in [5, 5.41) is 12.6. The van der Waals surface area contributed by atoms with Gasteiger partial charge in [-0.1, -0.05) is 47.1 Å². The van der Waals surface area contributed by atoms with Crippen LogP contribution in [0.5, 0.6) is 0 Å². The first-order valence-electron chi connectivity index (χ1n) is 7.79. The molecule has 2 aromatic carbocycles. The number of thioether (sulfide) groups is 1. The molecule has 0 aliphatic rings. The highest BCUT2D eigenvalue weighted by atomic mass is 35.5. The Hall–Kier alpha value is -2.02. The van der Waals surface area contributed by atoms with E-state index in [-0.39, 0.29) is 11.7 Å². The quantitative estimate of drug-likeness (QED) is 0.610. The number of rotatable bonds is 5. The summed E-state index contributed by atoms with van der Waals surface area (Å²) < 4.78 is 1.79. The molecule has 1 N–H and O–H groups in total. The third-order valence-corrected chi connectivity index (χ3v) is 5.34. The molecule has 1 amide bonds. The number of carbonyl (C=O) groups is 1. The summed E-state index contributed by atoms with van der Waals surface area (Å²) in [6, 6.07) is 11.2. The van der Waals surface area contributed by atoms with Gasteiger partial charge in [0.1, 0.15) is 6.33 Å². The molecule has 134 valence electrons. The molecule has 0 fully saturated rings. The largest absolute Gasteiger partial charge is 0.324 e. The van der Waals surface area contributed by atoms with Gasteiger partial charge in [0.05, 0.1) is 22.2 Å². The summed E-state index contributed by atoms with van der Waals surface area (Å²) in [7, 11) is 0. The van der Waals surface area contributed by atoms with Crippen molar-refractivity contribution >= 4 is 46.6 Å². The van der Waals surface area contributed by atoms with Gasteiger partial charge in [-0.15, -0.1) is 10.2 Å². The van der Waals surface area contributed by atoms with Crippen molar-refractivity contribution < 1.29 is 4.79 Å². The van der Waals surface area contributed by atoms with Gasteiger partial charge in [-0.2, -0.15) is 0 Å². The van der Waals surface area contributed by atoms with E-state index in [4.69, 9.17) is 23.2 Å². The third-order valence-electron chi connectivity index (χ3n) is 3.68. The number of aromatic nitrogens is 3. The van der Waals surface area contributed by atoms with Gasteiger partial charge in [-0.25, -0.2) is 0 Å². The maximum atomic E-state index is 12.2. The second-order valence-electron chi connectivity index (χ2n) is 5.74. The average molecular weight is 407 g/mol. The summed E-state index contributed by atoms with van der Waals surface area (Å²) in [4.78, 5) is 12.2. The highest BCUT2D eigenvalue weighted by Gasteiger charge is 2.12. The topological polar surface area (TPSA) is 59.8 Å². The summed E-state index contributed by atoms with van der Waals surface area (Å²) in [6.45, 7) is 3.88. The summed E-state index contributed by atoms with van der Waals surface area (Å²) in [6.07, 6.45) is 1.60. The molecular formula is C18H16Cl2N4OS. The van der Waals surface area contributed by atoms with Crippen molar-refractivity contribution in [3.05, 3.63) is 63.9 Å². The molecule has 0 radical (unpaired) electrons. The van der Waals surface area contributed by atoms with E-state index in [1.165, 1.54) is 11.8 Å². The number of hydrogen-bond acceptors (Lipinski definition) is 4. The van der Waals surface area contributed by atoms with Crippen LogP contribution in [0.1, 0.15) is 11.1 Å². The lowest BCUT2D eigenvalue weighted by Crippen LogP contribution is -2.14. The molecule has 0 aliphatic heterocycles. The van der Waals surface area contributed by atoms with Crippen molar-refractivity contribution in [2.45, 2.75) is 19.0 Å². The molecule has 0 aliphatic carbocycles. The van der Waals surface area contributed by atoms with Crippen LogP contribution in [0.2, 0.25) is 10.0 Å². The van der Waals surface area contributed by atoms with E-state index in [2.05, 4.69) is 15.5 Å². The minimum atomic E-state index is -0.169. The smallest absolute Gasteiger partial charge is 0.234 e. The Balaban J connectivity index is 1.68. The van der Waals surface area contributed by atoms with Gasteiger partial charge in [0, 0.05) is 5.02 Å². The lowest BCUT2D eigenvalue weighted by Gasteiger charge is -2.09. The lowest BCUT2D eigenvalue weighted by molar-refractivity contribution is -0.113. The van der Waals surface area contributed by atoms with Crippen LogP contribution in [0, 0.1) is 13.8 Å². The first-order chi connectivity index (χ1) is 12.4. The van der Waals surface area contributed by atoms with Crippen LogP contribution in [-0.2, 0) is 4.79 Å². The molecule has 0 bridgehead atoms. The average Bonchev–Trinajstić information content (AvgIpc) is 3.06. The number of benzene rings is 2. The van der Waals surface area contributed by atoms with E-state index in [0.29, 0.717) is 20.9 Å². The van der Waals surface area contributed by atoms with Crippen molar-refractivity contribution in [1.29, 1.82) is 0 Å². The first-order valence-corrected chi connectivity index (χ1v) is 9.53. The van der Waals surface area contributed by atoms with Gasteiger partial charge in [-0.05, 0) is 49.2 Å². The minimum absolute atomic E-state index is 0.169. The Morgan fingerprint density at radius 2 is 1.96 bits per heavy atom. The number of aryl methyl sites for hydroxylation is 2. The molecular weight excluding hydrogens is 391 g/mol. The van der Waals surface area contributed by atoms with E-state index < -0.39 is 0 Å². The van der Waals surface area contributed by atoms with Crippen molar-refractivity contribution in [3.8, 4) is 5.69 Å². The van der Waals surface area contributed by atoms with Crippen LogP contribution in [0.3, 0.4) is 0 Å². The molecule has 3 rings (SSSR count). The van der Waals surface area contributed by atoms with Crippen molar-refractivity contribution in [2.75, 3.05) is 11.1 Å². The molecule has 5 nitrogen and oxygen atoms in total. The van der Waals surface area contributed by atoms with Gasteiger partial charge in [0.2, 0.25) is 5.91 Å². The molecule has 0 saturated heterocycles.